The van der Waals surface area contributed by atoms with Crippen LogP contribution in [0.5, 0.6) is 0 Å². The predicted octanol–water partition coefficient (Wildman–Crippen LogP) is 1.61. The fraction of sp³-hybridized carbons (Fsp3) is 0.250. The Morgan fingerprint density at radius 1 is 1.56 bits per heavy atom. The molecule has 0 unspecified atom stereocenters. The summed E-state index contributed by atoms with van der Waals surface area (Å²) >= 11 is 0. The molecule has 0 atom stereocenters. The number of carbonyl (C=O) groups is 1. The summed E-state index contributed by atoms with van der Waals surface area (Å²) in [5.41, 5.74) is -0.203. The van der Waals surface area contributed by atoms with Gasteiger partial charge in [0.25, 0.3) is 5.69 Å². The van der Waals surface area contributed by atoms with Gasteiger partial charge in [-0.15, -0.1) is 0 Å². The van der Waals surface area contributed by atoms with E-state index in [4.69, 9.17) is 0 Å². The van der Waals surface area contributed by atoms with Crippen molar-refractivity contribution < 1.29 is 14.1 Å². The molecule has 0 radical (unpaired) electrons. The lowest BCUT2D eigenvalue weighted by atomic mass is 10.2. The Hall–Kier alpha value is -2.42. The monoisotopic (exact) mass is 250 g/mol. The maximum Gasteiger partial charge on any atom is 0.287 e. The number of nitro groups is 1. The summed E-state index contributed by atoms with van der Waals surface area (Å²) in [5, 5.41) is 13.2. The Labute approximate surface area is 103 Å². The second-order valence-corrected chi connectivity index (χ2v) is 3.45. The van der Waals surface area contributed by atoms with Crippen LogP contribution in [0.4, 0.5) is 10.1 Å². The highest BCUT2D eigenvalue weighted by molar-refractivity contribution is 5.72. The molecule has 0 aromatic heterocycles. The van der Waals surface area contributed by atoms with E-state index in [1.165, 1.54) is 13.0 Å². The Morgan fingerprint density at radius 3 is 2.89 bits per heavy atom. The van der Waals surface area contributed by atoms with Gasteiger partial charge in [0.1, 0.15) is 11.4 Å². The second-order valence-electron chi connectivity index (χ2n) is 3.45. The highest BCUT2D eigenvalue weighted by atomic mass is 19.1. The molecule has 6 heteroatoms. The molecule has 18 heavy (non-hydrogen) atoms. The van der Waals surface area contributed by atoms with Crippen molar-refractivity contribution in [3.8, 4) is 11.8 Å². The van der Waals surface area contributed by atoms with Crippen LogP contribution in [0.3, 0.4) is 0 Å². The average Bonchev–Trinajstić information content (AvgIpc) is 2.29. The summed E-state index contributed by atoms with van der Waals surface area (Å²) in [6.45, 7) is 1.76. The molecule has 0 heterocycles. The molecule has 0 aliphatic rings. The van der Waals surface area contributed by atoms with Crippen LogP contribution in [0.15, 0.2) is 18.2 Å². The largest absolute Gasteiger partial charge is 0.355 e. The fourth-order valence-electron chi connectivity index (χ4n) is 1.22. The number of hydrogen-bond donors (Lipinski definition) is 1. The summed E-state index contributed by atoms with van der Waals surface area (Å²) in [4.78, 5) is 20.6. The first kappa shape index (κ1) is 13.6. The minimum atomic E-state index is -0.680. The second kappa shape index (κ2) is 6.35. The molecular weight excluding hydrogens is 239 g/mol. The van der Waals surface area contributed by atoms with E-state index >= 15 is 0 Å². The third-order valence-electron chi connectivity index (χ3n) is 2.00. The molecule has 0 fully saturated rings. The van der Waals surface area contributed by atoms with E-state index in [0.717, 1.165) is 12.1 Å². The van der Waals surface area contributed by atoms with Crippen molar-refractivity contribution in [3.63, 3.8) is 0 Å². The lowest BCUT2D eigenvalue weighted by Gasteiger charge is -1.96. The van der Waals surface area contributed by atoms with Gasteiger partial charge in [0.05, 0.1) is 11.0 Å². The maximum atomic E-state index is 12.8. The van der Waals surface area contributed by atoms with Crippen molar-refractivity contribution in [3.05, 3.63) is 39.7 Å². The molecule has 0 saturated carbocycles. The lowest BCUT2D eigenvalue weighted by Crippen LogP contribution is -2.20. The number of nitrogens with one attached hydrogen (secondary N) is 1. The van der Waals surface area contributed by atoms with Crippen molar-refractivity contribution in [1.29, 1.82) is 0 Å². The Balaban J connectivity index is 2.75. The molecule has 5 nitrogen and oxygen atoms in total. The third-order valence-corrected chi connectivity index (χ3v) is 2.00. The normalized spacial score (nSPS) is 9.22. The molecule has 1 aromatic carbocycles. The van der Waals surface area contributed by atoms with Gasteiger partial charge in [-0.05, 0) is 12.1 Å². The zero-order valence-electron chi connectivity index (χ0n) is 9.70. The van der Waals surface area contributed by atoms with Gasteiger partial charge in [0.2, 0.25) is 5.91 Å². The molecule has 0 saturated heterocycles. The number of hydrogen-bond acceptors (Lipinski definition) is 3. The zero-order chi connectivity index (χ0) is 13.5. The molecule has 1 aromatic rings. The lowest BCUT2D eigenvalue weighted by molar-refractivity contribution is -0.385. The van der Waals surface area contributed by atoms with Crippen molar-refractivity contribution in [2.45, 2.75) is 13.3 Å². The van der Waals surface area contributed by atoms with E-state index in [-0.39, 0.29) is 17.2 Å². The van der Waals surface area contributed by atoms with Gasteiger partial charge in [-0.3, -0.25) is 14.9 Å². The van der Waals surface area contributed by atoms with Crippen LogP contribution in [-0.2, 0) is 4.79 Å². The molecule has 1 rings (SSSR count). The van der Waals surface area contributed by atoms with Gasteiger partial charge in [0, 0.05) is 19.9 Å². The predicted molar refractivity (Wildman–Crippen MR) is 63.2 cm³/mol. The minimum Gasteiger partial charge on any atom is -0.355 e. The first-order valence-corrected chi connectivity index (χ1v) is 5.18. The molecule has 0 bridgehead atoms. The minimum absolute atomic E-state index is 0.157. The highest BCUT2D eigenvalue weighted by Crippen LogP contribution is 2.18. The molecule has 94 valence electrons. The summed E-state index contributed by atoms with van der Waals surface area (Å²) in [6, 6.07) is 3.21. The number of rotatable bonds is 3. The number of amides is 1. The van der Waals surface area contributed by atoms with Crippen LogP contribution in [0.2, 0.25) is 0 Å². The van der Waals surface area contributed by atoms with Gasteiger partial charge in [-0.2, -0.15) is 0 Å². The van der Waals surface area contributed by atoms with E-state index in [1.807, 2.05) is 0 Å². The van der Waals surface area contributed by atoms with Crippen LogP contribution in [0.1, 0.15) is 18.9 Å². The van der Waals surface area contributed by atoms with Gasteiger partial charge in [-0.25, -0.2) is 4.39 Å². The van der Waals surface area contributed by atoms with Gasteiger partial charge < -0.3 is 5.32 Å². The van der Waals surface area contributed by atoms with E-state index in [2.05, 4.69) is 17.2 Å². The summed E-state index contributed by atoms with van der Waals surface area (Å²) in [6.07, 6.45) is 0.369. The fourth-order valence-corrected chi connectivity index (χ4v) is 1.22. The van der Waals surface area contributed by atoms with Crippen LogP contribution >= 0.6 is 0 Å². The molecule has 1 N–H and O–H groups in total. The summed E-state index contributed by atoms with van der Waals surface area (Å²) in [5.74, 6) is 4.43. The molecular formula is C12H11FN2O3. The average molecular weight is 250 g/mol. The third kappa shape index (κ3) is 4.22. The molecule has 0 aliphatic carbocycles. The van der Waals surface area contributed by atoms with E-state index in [1.54, 1.807) is 0 Å². The van der Waals surface area contributed by atoms with Crippen molar-refractivity contribution >= 4 is 11.6 Å². The maximum absolute atomic E-state index is 12.8. The summed E-state index contributed by atoms with van der Waals surface area (Å²) in [7, 11) is 0. The zero-order valence-corrected chi connectivity index (χ0v) is 9.70. The first-order chi connectivity index (χ1) is 8.50. The van der Waals surface area contributed by atoms with Gasteiger partial charge in [0.15, 0.2) is 0 Å². The summed E-state index contributed by atoms with van der Waals surface area (Å²) < 4.78 is 12.8. The quantitative estimate of drug-likeness (QED) is 0.383. The standard InChI is InChI=1S/C12H11FN2O3/c1-9(16)14-7-3-2-4-10-5-6-11(13)8-12(10)15(17)18/h5-6,8H,3,7H2,1H3,(H,14,16). The number of benzene rings is 1. The Morgan fingerprint density at radius 2 is 2.28 bits per heavy atom. The topological polar surface area (TPSA) is 72.2 Å². The van der Waals surface area contributed by atoms with Crippen LogP contribution in [0.25, 0.3) is 0 Å². The first-order valence-electron chi connectivity index (χ1n) is 5.18. The van der Waals surface area contributed by atoms with Gasteiger partial charge in [-0.1, -0.05) is 11.8 Å². The van der Waals surface area contributed by atoms with Crippen molar-refractivity contribution in [2.24, 2.45) is 0 Å². The highest BCUT2D eigenvalue weighted by Gasteiger charge is 2.12. The number of nitrogens with zero attached hydrogens (tertiary/aromatic N) is 1. The van der Waals surface area contributed by atoms with Crippen LogP contribution in [-0.4, -0.2) is 17.4 Å². The van der Waals surface area contributed by atoms with Crippen molar-refractivity contribution in [2.75, 3.05) is 6.54 Å². The Bertz CT molecular complexity index is 532. The Kier molecular flexibility index (Phi) is 4.81. The SMILES string of the molecule is CC(=O)NCCC#Cc1ccc(F)cc1[N+](=O)[O-]. The number of carbonyl (C=O) groups excluding carboxylic acids is 1. The van der Waals surface area contributed by atoms with Gasteiger partial charge >= 0.3 is 0 Å². The van der Waals surface area contributed by atoms with Crippen LogP contribution in [0, 0.1) is 27.8 Å². The number of nitro benzene ring substituents is 1. The van der Waals surface area contributed by atoms with E-state index in [0.29, 0.717) is 13.0 Å². The molecule has 0 spiro atoms. The van der Waals surface area contributed by atoms with E-state index < -0.39 is 10.7 Å². The van der Waals surface area contributed by atoms with E-state index in [9.17, 15) is 19.3 Å². The van der Waals surface area contributed by atoms with Crippen LogP contribution < -0.4 is 5.32 Å². The number of halogens is 1. The smallest absolute Gasteiger partial charge is 0.287 e. The molecule has 0 aliphatic heterocycles. The molecule has 1 amide bonds. The van der Waals surface area contributed by atoms with Crippen molar-refractivity contribution in [1.82, 2.24) is 5.32 Å².